The molecular weight excluding hydrogens is 595 g/mol. The van der Waals surface area contributed by atoms with Gasteiger partial charge in [-0.1, -0.05) is 13.8 Å². The number of hydrogen-bond donors (Lipinski definition) is 3. The molecule has 242 valence electrons. The summed E-state index contributed by atoms with van der Waals surface area (Å²) in [6.45, 7) is 5.54. The Labute approximate surface area is 266 Å². The predicted molar refractivity (Wildman–Crippen MR) is 161 cm³/mol. The number of fused-ring (bicyclic) bond motifs is 2. The van der Waals surface area contributed by atoms with Gasteiger partial charge in [-0.15, -0.1) is 0 Å². The van der Waals surface area contributed by atoms with Crippen molar-refractivity contribution in [2.24, 2.45) is 23.2 Å². The molecule has 0 spiro atoms. The van der Waals surface area contributed by atoms with Crippen LogP contribution in [0.2, 0.25) is 0 Å². The minimum absolute atomic E-state index is 0.0741. The smallest absolute Gasteiger partial charge is 0.265 e. The van der Waals surface area contributed by atoms with Gasteiger partial charge in [-0.2, -0.15) is 5.26 Å². The molecule has 4 heterocycles. The summed E-state index contributed by atoms with van der Waals surface area (Å²) in [7, 11) is 0. The van der Waals surface area contributed by atoms with Crippen molar-refractivity contribution >= 4 is 29.3 Å². The number of nitrogens with zero attached hydrogens (tertiary/aromatic N) is 3. The molecule has 13 heteroatoms. The fraction of sp³-hybridized carbons (Fsp3) is 0.515. The third kappa shape index (κ3) is 6.39. The second-order valence-corrected chi connectivity index (χ2v) is 13.2. The van der Waals surface area contributed by atoms with E-state index >= 15 is 0 Å². The summed E-state index contributed by atoms with van der Waals surface area (Å²) in [6.07, 6.45) is 3.22. The first-order valence-electron chi connectivity index (χ1n) is 15.6. The maximum Gasteiger partial charge on any atom is 0.265 e. The minimum Gasteiger partial charge on any atom is -0.478 e. The summed E-state index contributed by atoms with van der Waals surface area (Å²) in [5, 5.41) is 18.2. The monoisotopic (exact) mass is 632 g/mol. The van der Waals surface area contributed by atoms with Gasteiger partial charge in [0.25, 0.3) is 5.91 Å². The number of nitrogens with one attached hydrogen (secondary N) is 3. The maximum absolute atomic E-state index is 14.2. The summed E-state index contributed by atoms with van der Waals surface area (Å²) in [5.74, 6) is -1.95. The van der Waals surface area contributed by atoms with E-state index in [4.69, 9.17) is 9.47 Å². The summed E-state index contributed by atoms with van der Waals surface area (Å²) in [6, 6.07) is 6.43. The van der Waals surface area contributed by atoms with Gasteiger partial charge in [-0.05, 0) is 59.4 Å². The number of hydrogen-bond acceptors (Lipinski definition) is 8. The minimum atomic E-state index is -1.11. The van der Waals surface area contributed by atoms with E-state index < -0.39 is 41.9 Å². The van der Waals surface area contributed by atoms with Crippen molar-refractivity contribution in [3.8, 4) is 11.8 Å². The lowest BCUT2D eigenvalue weighted by Gasteiger charge is -2.34. The zero-order chi connectivity index (χ0) is 32.6. The van der Waals surface area contributed by atoms with Gasteiger partial charge in [0.15, 0.2) is 6.10 Å². The summed E-state index contributed by atoms with van der Waals surface area (Å²) in [4.78, 5) is 59.4. The number of anilines is 1. The van der Waals surface area contributed by atoms with Crippen LogP contribution in [0.5, 0.6) is 5.75 Å². The van der Waals surface area contributed by atoms with Crippen LogP contribution in [0.25, 0.3) is 0 Å². The average Bonchev–Trinajstić information content (AvgIpc) is 3.44. The molecule has 12 nitrogen and oxygen atoms in total. The molecule has 1 aromatic heterocycles. The van der Waals surface area contributed by atoms with Gasteiger partial charge < -0.3 is 30.3 Å². The number of aromatic nitrogens is 1. The molecule has 3 fully saturated rings. The SMILES string of the molecule is CC1(C)[C@@H]2[C@@H](C(=O)NC(C#N)C[C@@H]3Oc4ccc(F)cc4NC3=O)N(C(=O)C(Cc3ccncc3)NC(=O)CC3CCOC3)C[C@@H]21. The fourth-order valence-corrected chi connectivity index (χ4v) is 7.12. The molecular formula is C33H37FN6O6. The summed E-state index contributed by atoms with van der Waals surface area (Å²) in [5.41, 5.74) is 0.799. The first-order chi connectivity index (χ1) is 22.0. The molecule has 4 amide bonds. The van der Waals surface area contributed by atoms with E-state index in [9.17, 15) is 28.8 Å². The van der Waals surface area contributed by atoms with Gasteiger partial charge >= 0.3 is 0 Å². The van der Waals surface area contributed by atoms with E-state index in [2.05, 4.69) is 20.9 Å². The van der Waals surface area contributed by atoms with Gasteiger partial charge in [-0.25, -0.2) is 4.39 Å². The van der Waals surface area contributed by atoms with Crippen LogP contribution in [-0.4, -0.2) is 77.5 Å². The van der Waals surface area contributed by atoms with Crippen LogP contribution in [0.15, 0.2) is 42.7 Å². The standard InChI is InChI=1S/C33H37FN6O6/c1-33(2)22-16-40(32(44)24(11-18-5-8-36-9-6-18)38-27(41)12-19-7-10-45-17-19)29(28(22)33)31(43)37-21(15-35)14-26-30(42)39-23-13-20(34)3-4-25(23)46-26/h3-6,8-9,13,19,21-22,24,26,28-29H,7,10-12,14,16-17H2,1-2H3,(H,37,43)(H,38,41)(H,39,42)/t19?,21?,22-,24?,26-,28-,29-/m0/s1. The van der Waals surface area contributed by atoms with Crippen LogP contribution in [0.1, 0.15) is 38.7 Å². The fourth-order valence-electron chi connectivity index (χ4n) is 7.12. The number of amides is 4. The van der Waals surface area contributed by atoms with Gasteiger partial charge in [0.05, 0.1) is 11.8 Å². The van der Waals surface area contributed by atoms with Gasteiger partial charge in [-0.3, -0.25) is 24.2 Å². The van der Waals surface area contributed by atoms with Crippen molar-refractivity contribution in [1.82, 2.24) is 20.5 Å². The number of carbonyl (C=O) groups is 4. The number of ether oxygens (including phenoxy) is 2. The highest BCUT2D eigenvalue weighted by atomic mass is 19.1. The molecule has 0 bridgehead atoms. The number of pyridine rings is 1. The Hall–Kier alpha value is -4.57. The number of halogens is 1. The number of piperidine rings is 1. The lowest BCUT2D eigenvalue weighted by atomic mass is 9.97. The molecule has 1 aliphatic carbocycles. The van der Waals surface area contributed by atoms with Crippen molar-refractivity contribution in [1.29, 1.82) is 5.26 Å². The Morgan fingerprint density at radius 1 is 1.22 bits per heavy atom. The van der Waals surface area contributed by atoms with Crippen molar-refractivity contribution in [2.45, 2.75) is 63.8 Å². The summed E-state index contributed by atoms with van der Waals surface area (Å²) >= 11 is 0. The number of rotatable bonds is 10. The van der Waals surface area contributed by atoms with Crippen LogP contribution in [0, 0.1) is 40.3 Å². The Kier molecular flexibility index (Phi) is 8.65. The lowest BCUT2D eigenvalue weighted by Crippen LogP contribution is -2.57. The third-order valence-corrected chi connectivity index (χ3v) is 9.76. The van der Waals surface area contributed by atoms with Crippen LogP contribution in [0.3, 0.4) is 0 Å². The van der Waals surface area contributed by atoms with Crippen molar-refractivity contribution in [3.05, 3.63) is 54.1 Å². The molecule has 4 aliphatic rings. The van der Waals surface area contributed by atoms with Crippen LogP contribution in [-0.2, 0) is 30.3 Å². The molecule has 1 saturated carbocycles. The third-order valence-electron chi connectivity index (χ3n) is 9.76. The van der Waals surface area contributed by atoms with E-state index in [-0.39, 0.29) is 65.7 Å². The first kappa shape index (κ1) is 31.4. The van der Waals surface area contributed by atoms with E-state index in [1.165, 1.54) is 17.0 Å². The van der Waals surface area contributed by atoms with Crippen molar-refractivity contribution in [3.63, 3.8) is 0 Å². The molecule has 7 atom stereocenters. The molecule has 3 unspecified atom stereocenters. The Morgan fingerprint density at radius 2 is 2.00 bits per heavy atom. The Bertz CT molecular complexity index is 1560. The van der Waals surface area contributed by atoms with Crippen molar-refractivity contribution < 1.29 is 33.0 Å². The molecule has 1 aromatic carbocycles. The lowest BCUT2D eigenvalue weighted by molar-refractivity contribution is -0.143. The largest absolute Gasteiger partial charge is 0.478 e. The molecule has 3 aliphatic heterocycles. The maximum atomic E-state index is 14.2. The van der Waals surface area contributed by atoms with E-state index in [0.717, 1.165) is 18.1 Å². The second kappa shape index (κ2) is 12.7. The molecule has 6 rings (SSSR count). The molecule has 2 saturated heterocycles. The highest BCUT2D eigenvalue weighted by molar-refractivity contribution is 5.98. The van der Waals surface area contributed by atoms with Crippen molar-refractivity contribution in [2.75, 3.05) is 25.1 Å². The molecule has 2 aromatic rings. The second-order valence-electron chi connectivity index (χ2n) is 13.2. The molecule has 3 N–H and O–H groups in total. The highest BCUT2D eigenvalue weighted by Crippen LogP contribution is 2.65. The quantitative estimate of drug-likeness (QED) is 0.358. The molecule has 0 radical (unpaired) electrons. The molecule has 46 heavy (non-hydrogen) atoms. The van der Waals surface area contributed by atoms with Gasteiger partial charge in [0, 0.05) is 57.5 Å². The number of likely N-dealkylation sites (tertiary alicyclic amines) is 1. The number of benzene rings is 1. The summed E-state index contributed by atoms with van der Waals surface area (Å²) < 4.78 is 24.7. The zero-order valence-corrected chi connectivity index (χ0v) is 25.7. The number of carbonyl (C=O) groups excluding carboxylic acids is 4. The van der Waals surface area contributed by atoms with E-state index in [1.54, 1.807) is 24.5 Å². The van der Waals surface area contributed by atoms with Crippen LogP contribution < -0.4 is 20.7 Å². The topological polar surface area (TPSA) is 163 Å². The Morgan fingerprint density at radius 3 is 2.72 bits per heavy atom. The van der Waals surface area contributed by atoms with Crippen LogP contribution >= 0.6 is 0 Å². The van der Waals surface area contributed by atoms with Crippen LogP contribution in [0.4, 0.5) is 10.1 Å². The van der Waals surface area contributed by atoms with E-state index in [0.29, 0.717) is 19.8 Å². The van der Waals surface area contributed by atoms with Gasteiger partial charge in [0.1, 0.15) is 29.7 Å². The zero-order valence-electron chi connectivity index (χ0n) is 25.7. The van der Waals surface area contributed by atoms with Gasteiger partial charge in [0.2, 0.25) is 17.7 Å². The normalized spacial score (nSPS) is 26.8. The Balaban J connectivity index is 1.17. The predicted octanol–water partition coefficient (Wildman–Crippen LogP) is 1.96. The first-order valence-corrected chi connectivity index (χ1v) is 15.6. The number of nitriles is 1. The van der Waals surface area contributed by atoms with E-state index in [1.807, 2.05) is 19.9 Å². The average molecular weight is 633 g/mol. The highest BCUT2D eigenvalue weighted by Gasteiger charge is 2.69.